The Labute approximate surface area is 117 Å². The molecule has 0 bridgehead atoms. The molecule has 110 valence electrons. The molecule has 0 amide bonds. The van der Waals surface area contributed by atoms with Crippen LogP contribution < -0.4 is 0 Å². The van der Waals surface area contributed by atoms with Gasteiger partial charge in [-0.2, -0.15) is 0 Å². The molecule has 0 heteroatoms. The lowest BCUT2D eigenvalue weighted by molar-refractivity contribution is 0.167. The van der Waals surface area contributed by atoms with Crippen LogP contribution in [0.15, 0.2) is 0 Å². The molecule has 2 unspecified atom stereocenters. The highest BCUT2D eigenvalue weighted by atomic mass is 14.3. The Morgan fingerprint density at radius 3 is 1.67 bits per heavy atom. The van der Waals surface area contributed by atoms with E-state index in [2.05, 4.69) is 62.3 Å². The standard InChI is InChI=1S/C18H38/c1-10-18(8,9)13-16(12-17(5,6)7)11-15(4)14(2)3/h14-16H,10-13H2,1-9H3. The Kier molecular flexibility index (Phi) is 6.96. The number of rotatable bonds is 7. The van der Waals surface area contributed by atoms with Crippen molar-refractivity contribution >= 4 is 0 Å². The van der Waals surface area contributed by atoms with E-state index in [4.69, 9.17) is 0 Å². The summed E-state index contributed by atoms with van der Waals surface area (Å²) in [6.07, 6.45) is 5.45. The third-order valence-corrected chi connectivity index (χ3v) is 4.54. The summed E-state index contributed by atoms with van der Waals surface area (Å²) < 4.78 is 0. The summed E-state index contributed by atoms with van der Waals surface area (Å²) in [4.78, 5) is 0. The average Bonchev–Trinajstić information content (AvgIpc) is 2.13. The minimum absolute atomic E-state index is 0.463. The smallest absolute Gasteiger partial charge is 0.0354 e. The van der Waals surface area contributed by atoms with E-state index in [1.807, 2.05) is 0 Å². The minimum Gasteiger partial charge on any atom is -0.0649 e. The van der Waals surface area contributed by atoms with Gasteiger partial charge in [0.05, 0.1) is 0 Å². The predicted octanol–water partition coefficient (Wildman–Crippen LogP) is 6.55. The van der Waals surface area contributed by atoms with E-state index < -0.39 is 0 Å². The quantitative estimate of drug-likeness (QED) is 0.483. The van der Waals surface area contributed by atoms with Gasteiger partial charge in [0.15, 0.2) is 0 Å². The highest BCUT2D eigenvalue weighted by molar-refractivity contribution is 4.78. The zero-order chi connectivity index (χ0) is 14.6. The van der Waals surface area contributed by atoms with Crippen LogP contribution in [0.1, 0.15) is 88.0 Å². The van der Waals surface area contributed by atoms with Gasteiger partial charge in [-0.3, -0.25) is 0 Å². The first-order chi connectivity index (χ1) is 7.97. The Bertz CT molecular complexity index is 217. The van der Waals surface area contributed by atoms with Gasteiger partial charge in [-0.1, -0.05) is 68.7 Å². The maximum absolute atomic E-state index is 2.43. The van der Waals surface area contributed by atoms with Crippen LogP contribution in [0.4, 0.5) is 0 Å². The maximum atomic E-state index is 2.43. The summed E-state index contributed by atoms with van der Waals surface area (Å²) in [5.74, 6) is 2.56. The minimum atomic E-state index is 0.463. The van der Waals surface area contributed by atoms with Crippen molar-refractivity contribution in [3.63, 3.8) is 0 Å². The van der Waals surface area contributed by atoms with Crippen LogP contribution in [0.25, 0.3) is 0 Å². The molecule has 0 aromatic heterocycles. The molecule has 0 aliphatic rings. The Balaban J connectivity index is 4.63. The molecule has 0 fully saturated rings. The average molecular weight is 255 g/mol. The van der Waals surface area contributed by atoms with E-state index in [1.54, 1.807) is 0 Å². The molecule has 2 atom stereocenters. The lowest BCUT2D eigenvalue weighted by Crippen LogP contribution is -2.23. The number of hydrogen-bond acceptors (Lipinski definition) is 0. The lowest BCUT2D eigenvalue weighted by Gasteiger charge is -2.34. The molecule has 0 aliphatic heterocycles. The van der Waals surface area contributed by atoms with Crippen LogP contribution in [0.3, 0.4) is 0 Å². The first kappa shape index (κ1) is 18.0. The Morgan fingerprint density at radius 2 is 1.33 bits per heavy atom. The van der Waals surface area contributed by atoms with Crippen LogP contribution in [0.5, 0.6) is 0 Å². The highest BCUT2D eigenvalue weighted by Gasteiger charge is 2.27. The fraction of sp³-hybridized carbons (Fsp3) is 1.00. The highest BCUT2D eigenvalue weighted by Crippen LogP contribution is 2.39. The van der Waals surface area contributed by atoms with Crippen molar-refractivity contribution < 1.29 is 0 Å². The van der Waals surface area contributed by atoms with Crippen LogP contribution >= 0.6 is 0 Å². The summed E-state index contributed by atoms with van der Waals surface area (Å²) in [6.45, 7) is 21.5. The molecule has 0 rings (SSSR count). The molecular formula is C18H38. The van der Waals surface area contributed by atoms with Gasteiger partial charge in [-0.25, -0.2) is 0 Å². The van der Waals surface area contributed by atoms with Crippen molar-refractivity contribution in [1.29, 1.82) is 0 Å². The van der Waals surface area contributed by atoms with Gasteiger partial charge in [0.1, 0.15) is 0 Å². The molecular weight excluding hydrogens is 216 g/mol. The first-order valence-electron chi connectivity index (χ1n) is 7.97. The van der Waals surface area contributed by atoms with E-state index in [0.717, 1.165) is 17.8 Å². The molecule has 0 nitrogen and oxygen atoms in total. The molecule has 0 radical (unpaired) electrons. The molecule has 0 spiro atoms. The first-order valence-corrected chi connectivity index (χ1v) is 7.97. The van der Waals surface area contributed by atoms with Crippen molar-refractivity contribution in [2.75, 3.05) is 0 Å². The second kappa shape index (κ2) is 6.96. The van der Waals surface area contributed by atoms with Crippen LogP contribution in [-0.2, 0) is 0 Å². The van der Waals surface area contributed by atoms with E-state index >= 15 is 0 Å². The summed E-state index contributed by atoms with van der Waals surface area (Å²) in [5, 5.41) is 0. The summed E-state index contributed by atoms with van der Waals surface area (Å²) in [5.41, 5.74) is 0.970. The predicted molar refractivity (Wildman–Crippen MR) is 84.9 cm³/mol. The van der Waals surface area contributed by atoms with Gasteiger partial charge in [0, 0.05) is 0 Å². The van der Waals surface area contributed by atoms with E-state index in [-0.39, 0.29) is 0 Å². The van der Waals surface area contributed by atoms with Gasteiger partial charge < -0.3 is 0 Å². The third-order valence-electron chi connectivity index (χ3n) is 4.54. The third kappa shape index (κ3) is 8.16. The summed E-state index contributed by atoms with van der Waals surface area (Å²) in [6, 6.07) is 0. The zero-order valence-corrected chi connectivity index (χ0v) is 14.6. The second-order valence-corrected chi connectivity index (χ2v) is 8.81. The summed E-state index contributed by atoms with van der Waals surface area (Å²) in [7, 11) is 0. The van der Waals surface area contributed by atoms with Gasteiger partial charge in [-0.05, 0) is 47.8 Å². The largest absolute Gasteiger partial charge is 0.0649 e. The van der Waals surface area contributed by atoms with Gasteiger partial charge in [-0.15, -0.1) is 0 Å². The van der Waals surface area contributed by atoms with Crippen LogP contribution in [0, 0.1) is 28.6 Å². The zero-order valence-electron chi connectivity index (χ0n) is 14.6. The van der Waals surface area contributed by atoms with E-state index in [1.165, 1.54) is 25.7 Å². The van der Waals surface area contributed by atoms with Crippen molar-refractivity contribution in [3.05, 3.63) is 0 Å². The monoisotopic (exact) mass is 254 g/mol. The molecule has 0 aromatic rings. The van der Waals surface area contributed by atoms with Crippen molar-refractivity contribution in [2.24, 2.45) is 28.6 Å². The fourth-order valence-electron chi connectivity index (χ4n) is 2.83. The molecule has 0 heterocycles. The van der Waals surface area contributed by atoms with Gasteiger partial charge >= 0.3 is 0 Å². The van der Waals surface area contributed by atoms with E-state index in [0.29, 0.717) is 10.8 Å². The van der Waals surface area contributed by atoms with Crippen LogP contribution in [-0.4, -0.2) is 0 Å². The second-order valence-electron chi connectivity index (χ2n) is 8.81. The molecule has 0 saturated carbocycles. The normalized spacial score (nSPS) is 17.0. The van der Waals surface area contributed by atoms with E-state index in [9.17, 15) is 0 Å². The van der Waals surface area contributed by atoms with Crippen molar-refractivity contribution in [3.8, 4) is 0 Å². The summed E-state index contributed by atoms with van der Waals surface area (Å²) >= 11 is 0. The molecule has 18 heavy (non-hydrogen) atoms. The molecule has 0 saturated heterocycles. The van der Waals surface area contributed by atoms with Crippen molar-refractivity contribution in [2.45, 2.75) is 88.0 Å². The molecule has 0 N–H and O–H groups in total. The number of hydrogen-bond donors (Lipinski definition) is 0. The topological polar surface area (TPSA) is 0 Å². The maximum Gasteiger partial charge on any atom is -0.0354 e. The SMILES string of the molecule is CCC(C)(C)CC(CC(C)C(C)C)CC(C)(C)C. The van der Waals surface area contributed by atoms with Gasteiger partial charge in [0.25, 0.3) is 0 Å². The Morgan fingerprint density at radius 1 is 0.833 bits per heavy atom. The Hall–Kier alpha value is 0. The van der Waals surface area contributed by atoms with Gasteiger partial charge in [0.2, 0.25) is 0 Å². The molecule has 0 aromatic carbocycles. The van der Waals surface area contributed by atoms with Crippen LogP contribution in [0.2, 0.25) is 0 Å². The fourth-order valence-corrected chi connectivity index (χ4v) is 2.83. The lowest BCUT2D eigenvalue weighted by atomic mass is 9.71. The van der Waals surface area contributed by atoms with Crippen molar-refractivity contribution in [1.82, 2.24) is 0 Å². The molecule has 0 aliphatic carbocycles.